The Morgan fingerprint density at radius 1 is 1.03 bits per heavy atom. The Bertz CT molecular complexity index is 1170. The maximum atomic E-state index is 12.3. The van der Waals surface area contributed by atoms with E-state index in [-0.39, 0.29) is 5.91 Å². The van der Waals surface area contributed by atoms with Gasteiger partial charge < -0.3 is 9.73 Å². The summed E-state index contributed by atoms with van der Waals surface area (Å²) in [7, 11) is 0. The molecule has 0 aliphatic carbocycles. The monoisotopic (exact) mass is 422 g/mol. The first-order chi connectivity index (χ1) is 14.0. The first-order valence-corrected chi connectivity index (χ1v) is 10.5. The number of hydrogen-bond acceptors (Lipinski definition) is 4. The second-order valence-corrected chi connectivity index (χ2v) is 8.35. The molecule has 1 aromatic heterocycles. The van der Waals surface area contributed by atoms with Crippen LogP contribution in [0.2, 0.25) is 5.02 Å². The highest BCUT2D eigenvalue weighted by Crippen LogP contribution is 2.28. The predicted octanol–water partition coefficient (Wildman–Crippen LogP) is 6.50. The van der Waals surface area contributed by atoms with Crippen molar-refractivity contribution in [3.05, 3.63) is 76.8 Å². The molecule has 4 aromatic rings. The van der Waals surface area contributed by atoms with Crippen LogP contribution in [0.1, 0.15) is 11.1 Å². The van der Waals surface area contributed by atoms with Crippen molar-refractivity contribution in [2.75, 3.05) is 11.1 Å². The number of rotatable bonds is 5. The van der Waals surface area contributed by atoms with Gasteiger partial charge in [0.05, 0.1) is 5.75 Å². The molecule has 4 nitrogen and oxygen atoms in total. The highest BCUT2D eigenvalue weighted by Gasteiger charge is 2.11. The van der Waals surface area contributed by atoms with Gasteiger partial charge in [-0.2, -0.15) is 0 Å². The Kier molecular flexibility index (Phi) is 5.60. The van der Waals surface area contributed by atoms with Crippen LogP contribution in [0.25, 0.3) is 22.6 Å². The molecule has 146 valence electrons. The number of anilines is 1. The topological polar surface area (TPSA) is 55.1 Å². The van der Waals surface area contributed by atoms with Crippen LogP contribution in [0.5, 0.6) is 0 Å². The van der Waals surface area contributed by atoms with E-state index < -0.39 is 0 Å². The van der Waals surface area contributed by atoms with Gasteiger partial charge in [0.15, 0.2) is 5.58 Å². The third kappa shape index (κ3) is 4.81. The van der Waals surface area contributed by atoms with E-state index in [0.717, 1.165) is 21.6 Å². The smallest absolute Gasteiger partial charge is 0.234 e. The summed E-state index contributed by atoms with van der Waals surface area (Å²) in [6, 6.07) is 19.1. The molecule has 0 saturated carbocycles. The molecule has 0 spiro atoms. The van der Waals surface area contributed by atoms with Crippen molar-refractivity contribution >= 4 is 46.1 Å². The maximum absolute atomic E-state index is 12.3. The molecule has 29 heavy (non-hydrogen) atoms. The van der Waals surface area contributed by atoms with Gasteiger partial charge in [-0.1, -0.05) is 28.8 Å². The summed E-state index contributed by atoms with van der Waals surface area (Å²) < 4.78 is 5.90. The zero-order valence-corrected chi connectivity index (χ0v) is 17.6. The Labute approximate surface area is 178 Å². The molecule has 1 amide bonds. The molecule has 3 aromatic carbocycles. The van der Waals surface area contributed by atoms with Gasteiger partial charge in [-0.05, 0) is 68.4 Å². The van der Waals surface area contributed by atoms with E-state index in [1.54, 1.807) is 0 Å². The highest BCUT2D eigenvalue weighted by molar-refractivity contribution is 8.00. The zero-order valence-electron chi connectivity index (χ0n) is 16.0. The van der Waals surface area contributed by atoms with Crippen molar-refractivity contribution in [2.24, 2.45) is 0 Å². The molecule has 6 heteroatoms. The van der Waals surface area contributed by atoms with Gasteiger partial charge in [-0.3, -0.25) is 4.79 Å². The molecule has 0 bridgehead atoms. The Morgan fingerprint density at radius 3 is 2.48 bits per heavy atom. The number of aromatic nitrogens is 1. The molecule has 0 aliphatic heterocycles. The fraction of sp³-hybridized carbons (Fsp3) is 0.130. The largest absolute Gasteiger partial charge is 0.436 e. The standard InChI is InChI=1S/C23H19ClN2O2S/c1-14-9-15(2)11-16(10-14)23-26-20-12-18(5-8-21(20)28-23)25-22(27)13-29-19-6-3-17(24)4-7-19/h3-12H,13H2,1-2H3,(H,25,27). The van der Waals surface area contributed by atoms with Gasteiger partial charge in [0.1, 0.15) is 5.52 Å². The van der Waals surface area contributed by atoms with Crippen molar-refractivity contribution in [1.82, 2.24) is 4.98 Å². The van der Waals surface area contributed by atoms with Gasteiger partial charge in [0.25, 0.3) is 0 Å². The molecular weight excluding hydrogens is 404 g/mol. The normalized spacial score (nSPS) is 11.0. The second-order valence-electron chi connectivity index (χ2n) is 6.87. The number of thioether (sulfide) groups is 1. The Hall–Kier alpha value is -2.76. The van der Waals surface area contributed by atoms with Gasteiger partial charge in [-0.15, -0.1) is 11.8 Å². The summed E-state index contributed by atoms with van der Waals surface area (Å²) >= 11 is 7.34. The molecule has 0 aliphatic rings. The van der Waals surface area contributed by atoms with Crippen molar-refractivity contribution in [3.8, 4) is 11.5 Å². The summed E-state index contributed by atoms with van der Waals surface area (Å²) in [5.41, 5.74) is 5.36. The summed E-state index contributed by atoms with van der Waals surface area (Å²) in [4.78, 5) is 17.9. The van der Waals surface area contributed by atoms with Crippen molar-refractivity contribution in [3.63, 3.8) is 0 Å². The van der Waals surface area contributed by atoms with Crippen LogP contribution in [0.3, 0.4) is 0 Å². The summed E-state index contributed by atoms with van der Waals surface area (Å²) in [6.45, 7) is 4.10. The van der Waals surface area contributed by atoms with E-state index in [4.69, 9.17) is 16.0 Å². The lowest BCUT2D eigenvalue weighted by atomic mass is 10.1. The third-order valence-corrected chi connectivity index (χ3v) is 5.59. The molecule has 1 heterocycles. The van der Waals surface area contributed by atoms with Gasteiger partial charge >= 0.3 is 0 Å². The molecule has 0 saturated heterocycles. The number of carbonyl (C=O) groups is 1. The Morgan fingerprint density at radius 2 is 1.76 bits per heavy atom. The summed E-state index contributed by atoms with van der Waals surface area (Å²) in [5.74, 6) is 0.808. The average molecular weight is 423 g/mol. The first-order valence-electron chi connectivity index (χ1n) is 9.14. The van der Waals surface area contributed by atoms with E-state index in [0.29, 0.717) is 33.5 Å². The highest BCUT2D eigenvalue weighted by atomic mass is 35.5. The van der Waals surface area contributed by atoms with Gasteiger partial charge in [-0.25, -0.2) is 4.98 Å². The minimum atomic E-state index is -0.0812. The van der Waals surface area contributed by atoms with Crippen LogP contribution >= 0.6 is 23.4 Å². The molecule has 0 fully saturated rings. The summed E-state index contributed by atoms with van der Waals surface area (Å²) in [6.07, 6.45) is 0. The number of halogens is 1. The van der Waals surface area contributed by atoms with Crippen molar-refractivity contribution in [1.29, 1.82) is 0 Å². The number of amides is 1. The average Bonchev–Trinajstić information content (AvgIpc) is 3.10. The number of nitrogens with zero attached hydrogens (tertiary/aromatic N) is 1. The molecule has 1 N–H and O–H groups in total. The van der Waals surface area contributed by atoms with Crippen LogP contribution < -0.4 is 5.32 Å². The fourth-order valence-electron chi connectivity index (χ4n) is 3.10. The quantitative estimate of drug-likeness (QED) is 0.373. The Balaban J connectivity index is 1.47. The lowest BCUT2D eigenvalue weighted by molar-refractivity contribution is -0.113. The SMILES string of the molecule is Cc1cc(C)cc(-c2nc3cc(NC(=O)CSc4ccc(Cl)cc4)ccc3o2)c1. The predicted molar refractivity (Wildman–Crippen MR) is 120 cm³/mol. The third-order valence-electron chi connectivity index (χ3n) is 4.32. The van der Waals surface area contributed by atoms with Crippen LogP contribution in [-0.4, -0.2) is 16.6 Å². The van der Waals surface area contributed by atoms with Gasteiger partial charge in [0.2, 0.25) is 11.8 Å². The second kappa shape index (κ2) is 8.31. The molecule has 0 unspecified atom stereocenters. The molecular formula is C23H19ClN2O2S. The lowest BCUT2D eigenvalue weighted by Gasteiger charge is -2.05. The van der Waals surface area contributed by atoms with E-state index in [9.17, 15) is 4.79 Å². The van der Waals surface area contributed by atoms with Crippen LogP contribution in [0, 0.1) is 13.8 Å². The van der Waals surface area contributed by atoms with Crippen molar-refractivity contribution < 1.29 is 9.21 Å². The first kappa shape index (κ1) is 19.6. The van der Waals surface area contributed by atoms with E-state index >= 15 is 0 Å². The van der Waals surface area contributed by atoms with Crippen LogP contribution in [-0.2, 0) is 4.79 Å². The van der Waals surface area contributed by atoms with E-state index in [1.165, 1.54) is 11.8 Å². The fourth-order valence-corrected chi connectivity index (χ4v) is 3.93. The number of oxazole rings is 1. The number of hydrogen-bond donors (Lipinski definition) is 1. The number of nitrogens with one attached hydrogen (secondary N) is 1. The zero-order chi connectivity index (χ0) is 20.4. The number of benzene rings is 3. The minimum absolute atomic E-state index is 0.0812. The number of carbonyl (C=O) groups excluding carboxylic acids is 1. The van der Waals surface area contributed by atoms with E-state index in [1.807, 2.05) is 54.6 Å². The van der Waals surface area contributed by atoms with E-state index in [2.05, 4.69) is 30.2 Å². The van der Waals surface area contributed by atoms with Crippen LogP contribution in [0.4, 0.5) is 5.69 Å². The minimum Gasteiger partial charge on any atom is -0.436 e. The number of fused-ring (bicyclic) bond motifs is 1. The van der Waals surface area contributed by atoms with Crippen LogP contribution in [0.15, 0.2) is 70.0 Å². The van der Waals surface area contributed by atoms with Gasteiger partial charge in [0, 0.05) is 21.2 Å². The molecule has 0 radical (unpaired) electrons. The number of aryl methyl sites for hydroxylation is 2. The van der Waals surface area contributed by atoms with Crippen molar-refractivity contribution in [2.45, 2.75) is 18.7 Å². The maximum Gasteiger partial charge on any atom is 0.234 e. The lowest BCUT2D eigenvalue weighted by Crippen LogP contribution is -2.13. The molecule has 4 rings (SSSR count). The molecule has 0 atom stereocenters. The summed E-state index contributed by atoms with van der Waals surface area (Å²) in [5, 5.41) is 3.60.